The summed E-state index contributed by atoms with van der Waals surface area (Å²) in [5.74, 6) is 1.22. The van der Waals surface area contributed by atoms with Gasteiger partial charge in [0.2, 0.25) is 5.91 Å². The lowest BCUT2D eigenvalue weighted by Gasteiger charge is -2.50. The van der Waals surface area contributed by atoms with Crippen molar-refractivity contribution in [3.63, 3.8) is 0 Å². The quantitative estimate of drug-likeness (QED) is 0.864. The number of hydrogen-bond donors (Lipinski definition) is 1. The number of benzene rings is 1. The normalized spacial score (nSPS) is 24.1. The fourth-order valence-electron chi connectivity index (χ4n) is 5.61. The van der Waals surface area contributed by atoms with E-state index >= 15 is 0 Å². The molecule has 2 fully saturated rings. The molecule has 1 amide bonds. The molecule has 1 N–H and O–H groups in total. The summed E-state index contributed by atoms with van der Waals surface area (Å²) in [7, 11) is 5.93. The van der Waals surface area contributed by atoms with E-state index in [9.17, 15) is 9.90 Å². The number of aryl methyl sites for hydroxylation is 1. The maximum absolute atomic E-state index is 13.2. The fourth-order valence-corrected chi connectivity index (χ4v) is 5.61. The first-order valence-electron chi connectivity index (χ1n) is 10.8. The molecule has 1 aliphatic carbocycles. The Hall–Kier alpha value is -2.05. The molecular formula is C23H31N3O3. The van der Waals surface area contributed by atoms with Gasteiger partial charge in [0.15, 0.2) is 0 Å². The van der Waals surface area contributed by atoms with Crippen molar-refractivity contribution < 1.29 is 14.6 Å². The van der Waals surface area contributed by atoms with Crippen LogP contribution in [0.3, 0.4) is 0 Å². The van der Waals surface area contributed by atoms with E-state index in [0.29, 0.717) is 0 Å². The zero-order valence-electron chi connectivity index (χ0n) is 17.6. The van der Waals surface area contributed by atoms with Gasteiger partial charge in [-0.2, -0.15) is 0 Å². The Morgan fingerprint density at radius 2 is 1.97 bits per heavy atom. The monoisotopic (exact) mass is 397 g/mol. The van der Waals surface area contributed by atoms with Crippen molar-refractivity contribution in [3.05, 3.63) is 29.5 Å². The molecule has 1 spiro atoms. The van der Waals surface area contributed by atoms with Crippen LogP contribution in [0.15, 0.2) is 18.2 Å². The van der Waals surface area contributed by atoms with Crippen LogP contribution in [0.1, 0.15) is 43.0 Å². The second kappa shape index (κ2) is 6.74. The number of methoxy groups -OCH3 is 1. The number of piperidine rings is 1. The predicted molar refractivity (Wildman–Crippen MR) is 112 cm³/mol. The van der Waals surface area contributed by atoms with Crippen LogP contribution >= 0.6 is 0 Å². The minimum absolute atomic E-state index is 0.0389. The van der Waals surface area contributed by atoms with Gasteiger partial charge in [-0.1, -0.05) is 0 Å². The van der Waals surface area contributed by atoms with Gasteiger partial charge in [0, 0.05) is 42.1 Å². The number of amides is 1. The standard InChI is InChI=1S/C23H31N3O3/c1-24-10-8-23(9-11-24)14-26(22(28)15-4-5-15)19(13-27)21-20(23)17-7-6-16(29-3)12-18(17)25(21)2/h6-7,12,15,19,27H,4-5,8-11,13-14H2,1-3H3/t19-/m1/s1. The molecule has 156 valence electrons. The van der Waals surface area contributed by atoms with Crippen molar-refractivity contribution in [2.75, 3.05) is 40.4 Å². The number of carbonyl (C=O) groups is 1. The van der Waals surface area contributed by atoms with Crippen molar-refractivity contribution in [3.8, 4) is 5.75 Å². The molecule has 0 radical (unpaired) electrons. The first-order chi connectivity index (χ1) is 14.0. The summed E-state index contributed by atoms with van der Waals surface area (Å²) in [4.78, 5) is 17.6. The zero-order chi connectivity index (χ0) is 20.3. The maximum atomic E-state index is 13.2. The Morgan fingerprint density at radius 1 is 1.24 bits per heavy atom. The maximum Gasteiger partial charge on any atom is 0.226 e. The molecule has 0 unspecified atom stereocenters. The van der Waals surface area contributed by atoms with Crippen molar-refractivity contribution in [1.82, 2.24) is 14.4 Å². The highest BCUT2D eigenvalue weighted by molar-refractivity contribution is 5.90. The summed E-state index contributed by atoms with van der Waals surface area (Å²) < 4.78 is 7.67. The molecule has 1 saturated carbocycles. The lowest BCUT2D eigenvalue weighted by atomic mass is 9.68. The highest BCUT2D eigenvalue weighted by Crippen LogP contribution is 2.51. The Kier molecular flexibility index (Phi) is 4.40. The average Bonchev–Trinajstić information content (AvgIpc) is 3.55. The first kappa shape index (κ1) is 18.9. The van der Waals surface area contributed by atoms with E-state index in [4.69, 9.17) is 4.74 Å². The molecule has 6 nitrogen and oxygen atoms in total. The van der Waals surface area contributed by atoms with Crippen molar-refractivity contribution in [1.29, 1.82) is 0 Å². The number of hydrogen-bond acceptors (Lipinski definition) is 4. The van der Waals surface area contributed by atoms with Gasteiger partial charge >= 0.3 is 0 Å². The van der Waals surface area contributed by atoms with E-state index in [2.05, 4.69) is 35.7 Å². The van der Waals surface area contributed by atoms with Crippen LogP contribution in [0, 0.1) is 5.92 Å². The number of aliphatic hydroxyl groups is 1. The molecule has 3 heterocycles. The summed E-state index contributed by atoms with van der Waals surface area (Å²) in [5.41, 5.74) is 3.53. The van der Waals surface area contributed by atoms with E-state index in [1.807, 2.05) is 11.0 Å². The largest absolute Gasteiger partial charge is 0.497 e. The third-order valence-corrected chi connectivity index (χ3v) is 7.48. The molecule has 2 aromatic rings. The van der Waals surface area contributed by atoms with Gasteiger partial charge in [0.1, 0.15) is 5.75 Å². The van der Waals surface area contributed by atoms with Gasteiger partial charge in [-0.05, 0) is 63.5 Å². The van der Waals surface area contributed by atoms with Gasteiger partial charge in [0.05, 0.1) is 25.3 Å². The Labute approximate surface area is 172 Å². The Morgan fingerprint density at radius 3 is 2.59 bits per heavy atom. The van der Waals surface area contributed by atoms with Crippen LogP contribution in [-0.2, 0) is 17.3 Å². The number of fused-ring (bicyclic) bond motifs is 4. The molecule has 1 saturated heterocycles. The van der Waals surface area contributed by atoms with Crippen LogP contribution in [-0.4, -0.2) is 65.8 Å². The van der Waals surface area contributed by atoms with E-state index in [1.54, 1.807) is 7.11 Å². The minimum atomic E-state index is -0.272. The highest BCUT2D eigenvalue weighted by atomic mass is 16.5. The van der Waals surface area contributed by atoms with Crippen LogP contribution < -0.4 is 4.74 Å². The van der Waals surface area contributed by atoms with Gasteiger partial charge < -0.3 is 24.2 Å². The SMILES string of the molecule is COc1ccc2c3c(n(C)c2c1)[C@@H](CO)N(C(=O)C1CC1)CC31CCN(C)CC1. The molecule has 1 aromatic carbocycles. The van der Waals surface area contributed by atoms with Crippen LogP contribution in [0.25, 0.3) is 10.9 Å². The van der Waals surface area contributed by atoms with Gasteiger partial charge in [-0.15, -0.1) is 0 Å². The third-order valence-electron chi connectivity index (χ3n) is 7.48. The molecule has 1 atom stereocenters. The average molecular weight is 398 g/mol. The van der Waals surface area contributed by atoms with Crippen molar-refractivity contribution in [2.45, 2.75) is 37.1 Å². The predicted octanol–water partition coefficient (Wildman–Crippen LogP) is 2.44. The molecule has 5 rings (SSSR count). The topological polar surface area (TPSA) is 57.9 Å². The smallest absolute Gasteiger partial charge is 0.226 e. The first-order valence-corrected chi connectivity index (χ1v) is 10.8. The van der Waals surface area contributed by atoms with Crippen LogP contribution in [0.2, 0.25) is 0 Å². The summed E-state index contributed by atoms with van der Waals surface area (Å²) in [6, 6.07) is 6.00. The number of aliphatic hydroxyl groups excluding tert-OH is 1. The molecule has 0 bridgehead atoms. The van der Waals surface area contributed by atoms with Gasteiger partial charge in [0.25, 0.3) is 0 Å². The van der Waals surface area contributed by atoms with Crippen LogP contribution in [0.5, 0.6) is 5.75 Å². The fraction of sp³-hybridized carbons (Fsp3) is 0.609. The van der Waals surface area contributed by atoms with Gasteiger partial charge in [-0.3, -0.25) is 4.79 Å². The second-order valence-electron chi connectivity index (χ2n) is 9.22. The summed E-state index contributed by atoms with van der Waals surface area (Å²) >= 11 is 0. The van der Waals surface area contributed by atoms with Gasteiger partial charge in [-0.25, -0.2) is 0 Å². The molecule has 3 aliphatic rings. The van der Waals surface area contributed by atoms with E-state index in [0.717, 1.165) is 62.3 Å². The van der Waals surface area contributed by atoms with Crippen molar-refractivity contribution >= 4 is 16.8 Å². The Bertz CT molecular complexity index is 954. The summed E-state index contributed by atoms with van der Waals surface area (Å²) in [5, 5.41) is 11.6. The second-order valence-corrected chi connectivity index (χ2v) is 9.22. The lowest BCUT2D eigenvalue weighted by molar-refractivity contribution is -0.138. The minimum Gasteiger partial charge on any atom is -0.497 e. The number of likely N-dealkylation sites (tertiary alicyclic amines) is 1. The number of aromatic nitrogens is 1. The lowest BCUT2D eigenvalue weighted by Crippen LogP contribution is -2.55. The molecular weight excluding hydrogens is 366 g/mol. The van der Waals surface area contributed by atoms with E-state index in [1.165, 1.54) is 10.9 Å². The molecule has 29 heavy (non-hydrogen) atoms. The van der Waals surface area contributed by atoms with E-state index < -0.39 is 0 Å². The van der Waals surface area contributed by atoms with E-state index in [-0.39, 0.29) is 29.9 Å². The summed E-state index contributed by atoms with van der Waals surface area (Å²) in [6.45, 7) is 2.74. The molecule has 6 heteroatoms. The van der Waals surface area contributed by atoms with Crippen molar-refractivity contribution in [2.24, 2.45) is 13.0 Å². The molecule has 2 aliphatic heterocycles. The molecule has 1 aromatic heterocycles. The number of carbonyl (C=O) groups excluding carboxylic acids is 1. The van der Waals surface area contributed by atoms with Crippen LogP contribution in [0.4, 0.5) is 0 Å². The number of nitrogens with zero attached hydrogens (tertiary/aromatic N) is 3. The third kappa shape index (κ3) is 2.80. The number of rotatable bonds is 3. The Balaban J connectivity index is 1.73. The summed E-state index contributed by atoms with van der Waals surface area (Å²) in [6.07, 6.45) is 4.05. The highest BCUT2D eigenvalue weighted by Gasteiger charge is 2.50. The number of ether oxygens (including phenoxy) is 1. The zero-order valence-corrected chi connectivity index (χ0v) is 17.6.